The fraction of sp³-hybridized carbons (Fsp3) is 0.250. The zero-order chi connectivity index (χ0) is 15.2. The number of ether oxygens (including phenoxy) is 1. The lowest BCUT2D eigenvalue weighted by Crippen LogP contribution is -2.25. The number of hydrogen-bond acceptors (Lipinski definition) is 2. The lowest BCUT2D eigenvalue weighted by atomic mass is 9.87. The summed E-state index contributed by atoms with van der Waals surface area (Å²) in [5, 5.41) is 11.0. The van der Waals surface area contributed by atoms with Gasteiger partial charge in [0.1, 0.15) is 17.2 Å². The zero-order valence-electron chi connectivity index (χ0n) is 11.3. The summed E-state index contributed by atoms with van der Waals surface area (Å²) in [4.78, 5) is 0. The van der Waals surface area contributed by atoms with Crippen molar-refractivity contribution < 1.29 is 14.2 Å². The highest BCUT2D eigenvalue weighted by Gasteiger charge is 2.41. The number of benzene rings is 2. The molecule has 2 nitrogen and oxygen atoms in total. The minimum Gasteiger partial charge on any atom is -0.497 e. The van der Waals surface area contributed by atoms with Crippen LogP contribution in [0.15, 0.2) is 34.8 Å². The van der Waals surface area contributed by atoms with Gasteiger partial charge in [-0.25, -0.2) is 4.39 Å². The number of aliphatic hydroxyl groups is 1. The molecule has 0 heterocycles. The van der Waals surface area contributed by atoms with Gasteiger partial charge in [0.05, 0.1) is 12.1 Å². The van der Waals surface area contributed by atoms with Gasteiger partial charge in [0.25, 0.3) is 0 Å². The molecule has 1 unspecified atom stereocenters. The number of methoxy groups -OCH3 is 1. The molecule has 0 saturated carbocycles. The third kappa shape index (κ3) is 2.26. The Morgan fingerprint density at radius 3 is 2.76 bits per heavy atom. The van der Waals surface area contributed by atoms with E-state index in [4.69, 9.17) is 16.3 Å². The van der Waals surface area contributed by atoms with E-state index in [0.717, 1.165) is 5.56 Å². The second kappa shape index (κ2) is 5.27. The van der Waals surface area contributed by atoms with Crippen molar-refractivity contribution >= 4 is 27.5 Å². The van der Waals surface area contributed by atoms with E-state index in [2.05, 4.69) is 15.9 Å². The van der Waals surface area contributed by atoms with Crippen LogP contribution in [0.2, 0.25) is 5.02 Å². The van der Waals surface area contributed by atoms with Crippen LogP contribution in [-0.4, -0.2) is 12.2 Å². The highest BCUT2D eigenvalue weighted by atomic mass is 79.9. The number of rotatable bonds is 2. The highest BCUT2D eigenvalue weighted by Crippen LogP contribution is 2.45. The molecule has 0 aliphatic heterocycles. The van der Waals surface area contributed by atoms with Crippen molar-refractivity contribution in [1.29, 1.82) is 0 Å². The van der Waals surface area contributed by atoms with E-state index in [-0.39, 0.29) is 10.6 Å². The Kier molecular flexibility index (Phi) is 3.72. The summed E-state index contributed by atoms with van der Waals surface area (Å²) in [6.07, 6.45) is 1.10. The van der Waals surface area contributed by atoms with Crippen molar-refractivity contribution in [3.8, 4) is 5.75 Å². The van der Waals surface area contributed by atoms with Crippen LogP contribution in [0, 0.1) is 5.82 Å². The molecule has 1 aliphatic carbocycles. The molecule has 21 heavy (non-hydrogen) atoms. The standard InChI is InChI=1S/C16H13BrClFO2/c1-21-10-3-2-9-6-7-16(20,12(9)8-10)11-4-5-13(17)14(18)15(11)19/h2-5,8,20H,6-7H2,1H3. The van der Waals surface area contributed by atoms with Crippen LogP contribution >= 0.6 is 27.5 Å². The van der Waals surface area contributed by atoms with Gasteiger partial charge < -0.3 is 9.84 Å². The van der Waals surface area contributed by atoms with Crippen LogP contribution in [0.3, 0.4) is 0 Å². The molecule has 2 aromatic carbocycles. The summed E-state index contributed by atoms with van der Waals surface area (Å²) in [5.74, 6) is 0.0434. The monoisotopic (exact) mass is 370 g/mol. The predicted octanol–water partition coefficient (Wildman–Crippen LogP) is 4.43. The first-order valence-electron chi connectivity index (χ1n) is 6.51. The van der Waals surface area contributed by atoms with Gasteiger partial charge in [0.2, 0.25) is 0 Å². The molecule has 110 valence electrons. The SMILES string of the molecule is COc1ccc2c(c1)C(O)(c1ccc(Br)c(Cl)c1F)CC2. The van der Waals surface area contributed by atoms with E-state index in [1.807, 2.05) is 12.1 Å². The molecule has 0 amide bonds. The second-order valence-electron chi connectivity index (χ2n) is 5.11. The maximum absolute atomic E-state index is 14.5. The van der Waals surface area contributed by atoms with Gasteiger partial charge in [-0.1, -0.05) is 23.7 Å². The predicted molar refractivity (Wildman–Crippen MR) is 83.4 cm³/mol. The molecule has 0 radical (unpaired) electrons. The molecule has 5 heteroatoms. The molecular weight excluding hydrogens is 359 g/mol. The van der Waals surface area contributed by atoms with Crippen LogP contribution in [0.4, 0.5) is 4.39 Å². The van der Waals surface area contributed by atoms with Gasteiger partial charge in [-0.2, -0.15) is 0 Å². The average molecular weight is 372 g/mol. The van der Waals surface area contributed by atoms with Crippen LogP contribution < -0.4 is 4.74 Å². The Labute approximate surface area is 135 Å². The average Bonchev–Trinajstić information content (AvgIpc) is 2.82. The maximum Gasteiger partial charge on any atom is 0.149 e. The zero-order valence-corrected chi connectivity index (χ0v) is 13.6. The molecule has 1 atom stereocenters. The quantitative estimate of drug-likeness (QED) is 0.791. The Morgan fingerprint density at radius 2 is 2.05 bits per heavy atom. The van der Waals surface area contributed by atoms with E-state index in [9.17, 15) is 9.50 Å². The largest absolute Gasteiger partial charge is 0.497 e. The first-order valence-corrected chi connectivity index (χ1v) is 7.68. The summed E-state index contributed by atoms with van der Waals surface area (Å²) in [7, 11) is 1.56. The van der Waals surface area contributed by atoms with Gasteiger partial charge in [0, 0.05) is 10.0 Å². The minimum absolute atomic E-state index is 0.0164. The fourth-order valence-corrected chi connectivity index (χ4v) is 3.33. The van der Waals surface area contributed by atoms with Gasteiger partial charge in [0.15, 0.2) is 0 Å². The summed E-state index contributed by atoms with van der Waals surface area (Å²) in [6, 6.07) is 8.73. The molecule has 0 fully saturated rings. The molecular formula is C16H13BrClFO2. The number of hydrogen-bond donors (Lipinski definition) is 1. The molecule has 3 rings (SSSR count). The van der Waals surface area contributed by atoms with Gasteiger partial charge in [-0.15, -0.1) is 0 Å². The van der Waals surface area contributed by atoms with Crippen molar-refractivity contribution in [1.82, 2.24) is 0 Å². The van der Waals surface area contributed by atoms with Crippen molar-refractivity contribution in [2.24, 2.45) is 0 Å². The summed E-state index contributed by atoms with van der Waals surface area (Å²) >= 11 is 9.14. The molecule has 0 saturated heterocycles. The Bertz CT molecular complexity index is 720. The molecule has 1 N–H and O–H groups in total. The first kappa shape index (κ1) is 14.8. The Hall–Kier alpha value is -1.10. The van der Waals surface area contributed by atoms with Crippen LogP contribution in [0.25, 0.3) is 0 Å². The number of aryl methyl sites for hydroxylation is 1. The van der Waals surface area contributed by atoms with Crippen molar-refractivity contribution in [2.75, 3.05) is 7.11 Å². The smallest absolute Gasteiger partial charge is 0.149 e. The van der Waals surface area contributed by atoms with Crippen molar-refractivity contribution in [3.63, 3.8) is 0 Å². The first-order chi connectivity index (χ1) is 9.97. The third-order valence-electron chi connectivity index (χ3n) is 4.00. The van der Waals surface area contributed by atoms with Crippen LogP contribution in [-0.2, 0) is 12.0 Å². The third-order valence-corrected chi connectivity index (χ3v) is 5.26. The fourth-order valence-electron chi connectivity index (χ4n) is 2.86. The molecule has 0 bridgehead atoms. The van der Waals surface area contributed by atoms with E-state index in [1.165, 1.54) is 0 Å². The number of halogens is 3. The minimum atomic E-state index is -1.38. The summed E-state index contributed by atoms with van der Waals surface area (Å²) in [6.45, 7) is 0. The lowest BCUT2D eigenvalue weighted by molar-refractivity contribution is 0.0787. The summed E-state index contributed by atoms with van der Waals surface area (Å²) in [5.41, 5.74) is 0.497. The normalized spacial score (nSPS) is 20.4. The summed E-state index contributed by atoms with van der Waals surface area (Å²) < 4.78 is 20.2. The van der Waals surface area contributed by atoms with E-state index >= 15 is 0 Å². The highest BCUT2D eigenvalue weighted by molar-refractivity contribution is 9.10. The van der Waals surface area contributed by atoms with Gasteiger partial charge in [-0.3, -0.25) is 0 Å². The van der Waals surface area contributed by atoms with Crippen LogP contribution in [0.5, 0.6) is 5.75 Å². The number of fused-ring (bicyclic) bond motifs is 1. The second-order valence-corrected chi connectivity index (χ2v) is 6.34. The van der Waals surface area contributed by atoms with E-state index in [1.54, 1.807) is 25.3 Å². The molecule has 2 aromatic rings. The van der Waals surface area contributed by atoms with Crippen molar-refractivity contribution in [3.05, 3.63) is 62.3 Å². The molecule has 0 spiro atoms. The van der Waals surface area contributed by atoms with E-state index < -0.39 is 11.4 Å². The topological polar surface area (TPSA) is 29.5 Å². The van der Waals surface area contributed by atoms with Gasteiger partial charge >= 0.3 is 0 Å². The molecule has 0 aromatic heterocycles. The Morgan fingerprint density at radius 1 is 1.29 bits per heavy atom. The Balaban J connectivity index is 2.19. The van der Waals surface area contributed by atoms with Crippen LogP contribution in [0.1, 0.15) is 23.1 Å². The lowest BCUT2D eigenvalue weighted by Gasteiger charge is -2.26. The maximum atomic E-state index is 14.5. The molecule has 1 aliphatic rings. The van der Waals surface area contributed by atoms with Gasteiger partial charge in [-0.05, 0) is 58.1 Å². The van der Waals surface area contributed by atoms with Crippen molar-refractivity contribution in [2.45, 2.75) is 18.4 Å². The van der Waals surface area contributed by atoms with E-state index in [0.29, 0.717) is 28.6 Å².